The summed E-state index contributed by atoms with van der Waals surface area (Å²) in [5, 5.41) is 6.89. The molecule has 0 spiro atoms. The predicted molar refractivity (Wildman–Crippen MR) is 99.1 cm³/mol. The number of hydrogen-bond acceptors (Lipinski definition) is 6. The van der Waals surface area contributed by atoms with E-state index in [9.17, 15) is 4.79 Å². The van der Waals surface area contributed by atoms with Crippen LogP contribution in [0.3, 0.4) is 0 Å². The Balaban J connectivity index is 0.000000758. The van der Waals surface area contributed by atoms with Crippen molar-refractivity contribution in [1.82, 2.24) is 19.8 Å². The lowest BCUT2D eigenvalue weighted by atomic mass is 9.96. The quantitative estimate of drug-likeness (QED) is 0.610. The third-order valence-electron chi connectivity index (χ3n) is 4.75. The number of aromatic nitrogens is 2. The Morgan fingerprint density at radius 2 is 1.77 bits per heavy atom. The molecule has 1 aromatic heterocycles. The van der Waals surface area contributed by atoms with Crippen molar-refractivity contribution >= 4 is 24.4 Å². The van der Waals surface area contributed by atoms with Crippen LogP contribution in [-0.4, -0.2) is 70.0 Å². The van der Waals surface area contributed by atoms with Gasteiger partial charge in [0.15, 0.2) is 0 Å². The first-order valence-electron chi connectivity index (χ1n) is 8.97. The maximum absolute atomic E-state index is 12.3. The molecule has 3 heterocycles. The highest BCUT2D eigenvalue weighted by atomic mass is 16.3. The minimum atomic E-state index is -0.250. The second-order valence-corrected chi connectivity index (χ2v) is 6.59. The largest absolute Gasteiger partial charge is 0.483 e. The van der Waals surface area contributed by atoms with E-state index in [4.69, 9.17) is 15.6 Å². The number of nitrogens with two attached hydrogens (primary N) is 1. The van der Waals surface area contributed by atoms with Crippen molar-refractivity contribution in [3.05, 3.63) is 24.0 Å². The molecule has 8 heteroatoms. The fourth-order valence-electron chi connectivity index (χ4n) is 3.37. The number of anilines is 1. The molecule has 142 valence electrons. The molecule has 0 aliphatic carbocycles. The molecule has 0 unspecified atom stereocenters. The monoisotopic (exact) mass is 361 g/mol. The zero-order chi connectivity index (χ0) is 18.8. The second kappa shape index (κ2) is 10.5. The molecule has 3 N–H and O–H groups in total. The fourth-order valence-corrected chi connectivity index (χ4v) is 3.37. The van der Waals surface area contributed by atoms with Crippen LogP contribution in [0.25, 0.3) is 6.08 Å². The van der Waals surface area contributed by atoms with E-state index in [0.29, 0.717) is 0 Å². The van der Waals surface area contributed by atoms with Gasteiger partial charge in [0.25, 0.3) is 6.47 Å². The summed E-state index contributed by atoms with van der Waals surface area (Å²) < 4.78 is 0. The summed E-state index contributed by atoms with van der Waals surface area (Å²) in [5.41, 5.74) is 6.23. The van der Waals surface area contributed by atoms with Gasteiger partial charge >= 0.3 is 0 Å². The molecule has 8 nitrogen and oxygen atoms in total. The van der Waals surface area contributed by atoms with Crippen molar-refractivity contribution in [1.29, 1.82) is 0 Å². The zero-order valence-electron chi connectivity index (χ0n) is 15.0. The number of carbonyl (C=O) groups excluding carboxylic acids is 1. The van der Waals surface area contributed by atoms with Crippen molar-refractivity contribution in [2.24, 2.45) is 5.92 Å². The van der Waals surface area contributed by atoms with Crippen LogP contribution in [0.2, 0.25) is 0 Å². The molecule has 2 aliphatic rings. The highest BCUT2D eigenvalue weighted by Gasteiger charge is 2.24. The van der Waals surface area contributed by atoms with Gasteiger partial charge in [-0.3, -0.25) is 9.59 Å². The average Bonchev–Trinajstić information content (AvgIpc) is 3.15. The van der Waals surface area contributed by atoms with Crippen LogP contribution in [0.1, 0.15) is 31.2 Å². The number of hydrogen-bond donors (Lipinski definition) is 2. The van der Waals surface area contributed by atoms with Crippen LogP contribution in [-0.2, 0) is 9.59 Å². The van der Waals surface area contributed by atoms with E-state index in [0.717, 1.165) is 37.4 Å². The van der Waals surface area contributed by atoms with Crippen LogP contribution in [0.5, 0.6) is 0 Å². The van der Waals surface area contributed by atoms with E-state index in [-0.39, 0.29) is 18.3 Å². The summed E-state index contributed by atoms with van der Waals surface area (Å²) in [6.07, 6.45) is 11.5. The third-order valence-corrected chi connectivity index (χ3v) is 4.75. The molecular weight excluding hydrogens is 334 g/mol. The minimum Gasteiger partial charge on any atom is -0.483 e. The van der Waals surface area contributed by atoms with Crippen molar-refractivity contribution in [3.8, 4) is 0 Å². The summed E-state index contributed by atoms with van der Waals surface area (Å²) in [7, 11) is 0. The van der Waals surface area contributed by atoms with E-state index in [1.165, 1.54) is 32.5 Å². The summed E-state index contributed by atoms with van der Waals surface area (Å²) in [6.45, 7) is 5.19. The lowest BCUT2D eigenvalue weighted by Crippen LogP contribution is -2.40. The van der Waals surface area contributed by atoms with Gasteiger partial charge in [-0.05, 0) is 50.8 Å². The first-order chi connectivity index (χ1) is 12.6. The van der Waals surface area contributed by atoms with Crippen molar-refractivity contribution in [2.75, 3.05) is 38.5 Å². The van der Waals surface area contributed by atoms with Gasteiger partial charge in [0.1, 0.15) is 0 Å². The Morgan fingerprint density at radius 1 is 1.19 bits per heavy atom. The van der Waals surface area contributed by atoms with Gasteiger partial charge in [0, 0.05) is 43.7 Å². The van der Waals surface area contributed by atoms with Gasteiger partial charge in [-0.1, -0.05) is 0 Å². The maximum atomic E-state index is 12.3. The number of likely N-dealkylation sites (tertiary alicyclic amines) is 2. The van der Waals surface area contributed by atoms with Crippen molar-refractivity contribution in [2.45, 2.75) is 25.7 Å². The number of piperidine rings is 1. The van der Waals surface area contributed by atoms with E-state index >= 15 is 0 Å². The fraction of sp³-hybridized carbons (Fsp3) is 0.556. The zero-order valence-corrected chi connectivity index (χ0v) is 15.0. The number of amides is 1. The summed E-state index contributed by atoms with van der Waals surface area (Å²) in [4.78, 5) is 33.0. The van der Waals surface area contributed by atoms with Crippen LogP contribution in [0, 0.1) is 5.92 Å². The topological polar surface area (TPSA) is 113 Å². The smallest absolute Gasteiger partial charge is 0.290 e. The standard InChI is InChI=1S/C17H25N5O.CH2O2/c18-17-19-11-15(12-20-17)3-4-16(23)22-9-5-14(6-10-22)13-21-7-1-2-8-21;2-1-3/h3-4,11-12,14H,1-2,5-10,13H2,(H2,18,19,20);1H,(H,2,3)/b4-3+;. The Morgan fingerprint density at radius 3 is 2.35 bits per heavy atom. The first kappa shape index (κ1) is 19.8. The molecule has 2 aliphatic heterocycles. The normalized spacial score (nSPS) is 18.5. The SMILES string of the molecule is Nc1ncc(/C=C/C(=O)N2CCC(CN3CCCC3)CC2)cn1.O=CO. The van der Waals surface area contributed by atoms with Gasteiger partial charge in [0.2, 0.25) is 11.9 Å². The van der Waals surface area contributed by atoms with E-state index < -0.39 is 0 Å². The van der Waals surface area contributed by atoms with Gasteiger partial charge in [-0.15, -0.1) is 0 Å². The molecule has 3 rings (SSSR count). The van der Waals surface area contributed by atoms with Gasteiger partial charge in [-0.2, -0.15) is 0 Å². The van der Waals surface area contributed by atoms with Crippen LogP contribution in [0.4, 0.5) is 5.95 Å². The number of nitrogens with zero attached hydrogens (tertiary/aromatic N) is 4. The molecule has 0 radical (unpaired) electrons. The Kier molecular flexibility index (Phi) is 8.01. The lowest BCUT2D eigenvalue weighted by molar-refractivity contribution is -0.127. The van der Waals surface area contributed by atoms with Crippen LogP contribution >= 0.6 is 0 Å². The summed E-state index contributed by atoms with van der Waals surface area (Å²) in [5.74, 6) is 1.06. The summed E-state index contributed by atoms with van der Waals surface area (Å²) in [6, 6.07) is 0. The summed E-state index contributed by atoms with van der Waals surface area (Å²) >= 11 is 0. The third kappa shape index (κ3) is 6.44. The average molecular weight is 361 g/mol. The first-order valence-corrected chi connectivity index (χ1v) is 8.97. The number of nitrogen functional groups attached to an aromatic ring is 1. The second-order valence-electron chi connectivity index (χ2n) is 6.59. The predicted octanol–water partition coefficient (Wildman–Crippen LogP) is 1.11. The maximum Gasteiger partial charge on any atom is 0.290 e. The molecule has 1 aromatic rings. The number of carbonyl (C=O) groups is 2. The molecule has 0 bridgehead atoms. The Labute approximate surface area is 153 Å². The Bertz CT molecular complexity index is 591. The number of carboxylic acid groups (broad SMARTS) is 1. The van der Waals surface area contributed by atoms with Gasteiger partial charge in [-0.25, -0.2) is 9.97 Å². The molecule has 0 saturated carbocycles. The van der Waals surface area contributed by atoms with Crippen molar-refractivity contribution < 1.29 is 14.7 Å². The van der Waals surface area contributed by atoms with E-state index in [1.807, 2.05) is 4.90 Å². The minimum absolute atomic E-state index is 0.0708. The van der Waals surface area contributed by atoms with E-state index in [2.05, 4.69) is 14.9 Å². The lowest BCUT2D eigenvalue weighted by Gasteiger charge is -2.33. The van der Waals surface area contributed by atoms with Crippen LogP contribution < -0.4 is 5.73 Å². The Hall–Kier alpha value is -2.48. The molecule has 1 amide bonds. The van der Waals surface area contributed by atoms with Gasteiger partial charge in [0.05, 0.1) is 0 Å². The molecular formula is C18H27N5O3. The van der Waals surface area contributed by atoms with E-state index in [1.54, 1.807) is 24.5 Å². The van der Waals surface area contributed by atoms with Crippen LogP contribution in [0.15, 0.2) is 18.5 Å². The van der Waals surface area contributed by atoms with Crippen molar-refractivity contribution in [3.63, 3.8) is 0 Å². The molecule has 0 aromatic carbocycles. The highest BCUT2D eigenvalue weighted by molar-refractivity contribution is 5.91. The molecule has 26 heavy (non-hydrogen) atoms. The highest BCUT2D eigenvalue weighted by Crippen LogP contribution is 2.21. The number of rotatable bonds is 4. The van der Waals surface area contributed by atoms with Gasteiger partial charge < -0.3 is 20.6 Å². The molecule has 2 fully saturated rings. The molecule has 2 saturated heterocycles. The molecule has 0 atom stereocenters.